The van der Waals surface area contributed by atoms with Gasteiger partial charge in [0.2, 0.25) is 11.8 Å². The molecule has 13 heteroatoms. The number of nitrogens with one attached hydrogen (secondary N) is 1. The van der Waals surface area contributed by atoms with Crippen molar-refractivity contribution < 1.29 is 44.0 Å². The van der Waals surface area contributed by atoms with E-state index in [9.17, 15) is 29.5 Å². The minimum absolute atomic E-state index is 0.00730. The van der Waals surface area contributed by atoms with Crippen molar-refractivity contribution in [3.63, 3.8) is 0 Å². The monoisotopic (exact) mass is 438 g/mol. The summed E-state index contributed by atoms with van der Waals surface area (Å²) < 4.78 is 10.8. The first-order chi connectivity index (χ1) is 14.5. The van der Waals surface area contributed by atoms with Crippen LogP contribution < -0.4 is 20.4 Å². The smallest absolute Gasteiger partial charge is 0.430 e. The van der Waals surface area contributed by atoms with Crippen molar-refractivity contribution in [1.29, 1.82) is 0 Å². The van der Waals surface area contributed by atoms with Gasteiger partial charge in [-0.3, -0.25) is 9.59 Å². The van der Waals surface area contributed by atoms with Crippen molar-refractivity contribution >= 4 is 24.5 Å². The van der Waals surface area contributed by atoms with Crippen molar-refractivity contribution in [3.8, 4) is 11.5 Å². The van der Waals surface area contributed by atoms with E-state index in [0.717, 1.165) is 0 Å². The number of amides is 2. The van der Waals surface area contributed by atoms with Crippen molar-refractivity contribution in [3.05, 3.63) is 23.3 Å². The summed E-state index contributed by atoms with van der Waals surface area (Å²) >= 11 is 0. The van der Waals surface area contributed by atoms with Gasteiger partial charge in [-0.05, 0) is 25.0 Å². The molecular formula is C18H25BN3O9-. The molecule has 1 aromatic carbocycles. The number of carbonyl (C=O) groups excluding carboxylic acids is 2. The maximum Gasteiger partial charge on any atom is 0.430 e. The fourth-order valence-electron chi connectivity index (χ4n) is 3.44. The zero-order valence-corrected chi connectivity index (χ0v) is 16.9. The summed E-state index contributed by atoms with van der Waals surface area (Å²) in [5, 5.41) is 40.5. The average molecular weight is 438 g/mol. The van der Waals surface area contributed by atoms with Crippen molar-refractivity contribution in [2.75, 3.05) is 19.7 Å². The molecule has 2 atom stereocenters. The molecule has 12 nitrogen and oxygen atoms in total. The number of aryl methyl sites for hydroxylation is 1. The highest BCUT2D eigenvalue weighted by Gasteiger charge is 2.37. The maximum atomic E-state index is 12.4. The van der Waals surface area contributed by atoms with Crippen LogP contribution in [0, 0.1) is 0 Å². The third-order valence-corrected chi connectivity index (χ3v) is 5.23. The molecule has 0 unspecified atom stereocenters. The molecule has 2 amide bonds. The molecule has 0 aliphatic carbocycles. The zero-order valence-electron chi connectivity index (χ0n) is 16.9. The maximum absolute atomic E-state index is 12.4. The summed E-state index contributed by atoms with van der Waals surface area (Å²) in [5.41, 5.74) is 5.62. The molecule has 2 aliphatic rings. The number of nitrogens with two attached hydrogens (primary N) is 1. The van der Waals surface area contributed by atoms with Crippen molar-refractivity contribution in [1.82, 2.24) is 10.2 Å². The Bertz CT molecular complexity index is 888. The third kappa shape index (κ3) is 4.90. The molecule has 0 saturated carbocycles. The summed E-state index contributed by atoms with van der Waals surface area (Å²) in [7, 11) is 0. The van der Waals surface area contributed by atoms with Gasteiger partial charge in [0.1, 0.15) is 29.5 Å². The highest BCUT2D eigenvalue weighted by atomic mass is 16.6. The summed E-state index contributed by atoms with van der Waals surface area (Å²) in [6.07, 6.45) is -0.285. The number of aliphatic hydroxyl groups is 1. The van der Waals surface area contributed by atoms with E-state index in [4.69, 9.17) is 20.2 Å². The lowest BCUT2D eigenvalue weighted by molar-refractivity contribution is -0.144. The van der Waals surface area contributed by atoms with Gasteiger partial charge in [-0.2, -0.15) is 0 Å². The number of nitrogens with zero attached hydrogens (tertiary/aromatic N) is 1. The topological polar surface area (TPSA) is 192 Å². The predicted molar refractivity (Wildman–Crippen MR) is 106 cm³/mol. The number of rotatable bonds is 7. The third-order valence-electron chi connectivity index (χ3n) is 5.23. The van der Waals surface area contributed by atoms with Crippen molar-refractivity contribution in [2.45, 2.75) is 37.9 Å². The van der Waals surface area contributed by atoms with E-state index in [0.29, 0.717) is 5.56 Å². The SMILES string of the molecule is C[C@@H](NC(=O)[C@H](N)CO)C(=O)N1CC(Oc2ccc3c(c2C(=O)O)O[B-](O)(O)CC3)C1. The predicted octanol–water partition coefficient (Wildman–Crippen LogP) is -2.34. The number of likely N-dealkylation sites (tertiary alicyclic amines) is 1. The Hall–Kier alpha value is -2.87. The number of aromatic carboxylic acids is 1. The first kappa shape index (κ1) is 22.8. The van der Waals surface area contributed by atoms with Crippen molar-refractivity contribution in [2.24, 2.45) is 5.73 Å². The number of fused-ring (bicyclic) bond motifs is 1. The molecule has 31 heavy (non-hydrogen) atoms. The highest BCUT2D eigenvalue weighted by Crippen LogP contribution is 2.38. The second kappa shape index (κ2) is 8.71. The Kier molecular flexibility index (Phi) is 6.41. The highest BCUT2D eigenvalue weighted by molar-refractivity contribution is 6.59. The summed E-state index contributed by atoms with van der Waals surface area (Å²) in [5.74, 6) is -2.51. The van der Waals surface area contributed by atoms with Crippen LogP contribution in [-0.2, 0) is 16.0 Å². The van der Waals surface area contributed by atoms with Gasteiger partial charge in [0.15, 0.2) is 0 Å². The Morgan fingerprint density at radius 1 is 1.35 bits per heavy atom. The Balaban J connectivity index is 1.63. The van der Waals surface area contributed by atoms with E-state index in [1.54, 1.807) is 6.07 Å². The lowest BCUT2D eigenvalue weighted by Gasteiger charge is -2.41. The molecule has 0 aromatic heterocycles. The van der Waals surface area contributed by atoms with Gasteiger partial charge < -0.3 is 45.6 Å². The number of carbonyl (C=O) groups is 3. The van der Waals surface area contributed by atoms with Crippen LogP contribution in [-0.4, -0.2) is 87.6 Å². The van der Waals surface area contributed by atoms with Crippen LogP contribution in [0.15, 0.2) is 12.1 Å². The Morgan fingerprint density at radius 2 is 2.03 bits per heavy atom. The quantitative estimate of drug-likeness (QED) is 0.251. The fraction of sp³-hybridized carbons (Fsp3) is 0.500. The molecule has 1 fully saturated rings. The first-order valence-electron chi connectivity index (χ1n) is 9.83. The van der Waals surface area contributed by atoms with Crippen LogP contribution in [0.1, 0.15) is 22.8 Å². The summed E-state index contributed by atoms with van der Waals surface area (Å²) in [6, 6.07) is 1.10. The Labute approximate surface area is 177 Å². The number of hydrogen-bond donors (Lipinski definition) is 6. The van der Waals surface area contributed by atoms with E-state index >= 15 is 0 Å². The zero-order chi connectivity index (χ0) is 22.9. The van der Waals surface area contributed by atoms with Gasteiger partial charge in [-0.15, -0.1) is 0 Å². The van der Waals surface area contributed by atoms with Crippen LogP contribution in [0.2, 0.25) is 6.32 Å². The second-order valence-corrected chi connectivity index (χ2v) is 7.75. The lowest BCUT2D eigenvalue weighted by atomic mass is 9.70. The van der Waals surface area contributed by atoms with E-state index in [1.807, 2.05) is 0 Å². The molecule has 0 radical (unpaired) electrons. The lowest BCUT2D eigenvalue weighted by Crippen LogP contribution is -2.61. The molecule has 2 heterocycles. The van der Waals surface area contributed by atoms with Crippen LogP contribution >= 0.6 is 0 Å². The molecular weight excluding hydrogens is 413 g/mol. The molecule has 0 bridgehead atoms. The van der Waals surface area contributed by atoms with Gasteiger partial charge in [0, 0.05) is 0 Å². The van der Waals surface area contributed by atoms with Gasteiger partial charge in [0.25, 0.3) is 0 Å². The number of carboxylic acid groups (broad SMARTS) is 1. The second-order valence-electron chi connectivity index (χ2n) is 7.75. The molecule has 3 rings (SSSR count). The summed E-state index contributed by atoms with van der Waals surface area (Å²) in [4.78, 5) is 37.3. The van der Waals surface area contributed by atoms with Gasteiger partial charge in [-0.1, -0.05) is 12.4 Å². The minimum Gasteiger partial charge on any atom is -0.669 e. The van der Waals surface area contributed by atoms with E-state index in [-0.39, 0.29) is 48.8 Å². The summed E-state index contributed by atoms with van der Waals surface area (Å²) in [6.45, 7) is -1.87. The minimum atomic E-state index is -3.14. The molecule has 7 N–H and O–H groups in total. The van der Waals surface area contributed by atoms with Gasteiger partial charge in [0.05, 0.1) is 25.4 Å². The van der Waals surface area contributed by atoms with Gasteiger partial charge >= 0.3 is 12.7 Å². The van der Waals surface area contributed by atoms with Crippen LogP contribution in [0.4, 0.5) is 0 Å². The van der Waals surface area contributed by atoms with E-state index in [2.05, 4.69) is 5.32 Å². The number of carboxylic acids is 1. The standard InChI is InChI=1S/C18H25BN3O9/c1-9(21-16(24)12(20)8-23)17(25)22-6-11(7-22)30-13-3-2-10-4-5-19(28,29)31-15(10)14(13)18(26)27/h2-3,9,11-12,23,28-29H,4-8,20H2,1H3,(H,21,24)(H,26,27)/q-1/t9-,12-/m1/s1. The Morgan fingerprint density at radius 3 is 2.65 bits per heavy atom. The van der Waals surface area contributed by atoms with Gasteiger partial charge in [-0.25, -0.2) is 4.79 Å². The first-order valence-corrected chi connectivity index (χ1v) is 9.83. The molecule has 1 saturated heterocycles. The number of hydrogen-bond acceptors (Lipinski definition) is 9. The normalized spacial score (nSPS) is 19.3. The fourth-order valence-corrected chi connectivity index (χ4v) is 3.44. The largest absolute Gasteiger partial charge is 0.669 e. The molecule has 2 aliphatic heterocycles. The van der Waals surface area contributed by atoms with Crippen LogP contribution in [0.25, 0.3) is 0 Å². The number of benzene rings is 1. The number of aliphatic hydroxyl groups excluding tert-OH is 1. The van der Waals surface area contributed by atoms with Crippen LogP contribution in [0.5, 0.6) is 11.5 Å². The average Bonchev–Trinajstić information content (AvgIpc) is 2.67. The number of ether oxygens (including phenoxy) is 1. The van der Waals surface area contributed by atoms with E-state index in [1.165, 1.54) is 17.9 Å². The van der Waals surface area contributed by atoms with E-state index < -0.39 is 43.4 Å². The van der Waals surface area contributed by atoms with Crippen LogP contribution in [0.3, 0.4) is 0 Å². The molecule has 0 spiro atoms. The molecule has 1 aromatic rings. The molecule has 170 valence electrons.